The van der Waals surface area contributed by atoms with Crippen LogP contribution in [-0.4, -0.2) is 40.9 Å². The van der Waals surface area contributed by atoms with Crippen LogP contribution < -0.4 is 11.1 Å². The summed E-state index contributed by atoms with van der Waals surface area (Å²) in [5, 5.41) is 3.45. The molecule has 5 aliphatic carbocycles. The van der Waals surface area contributed by atoms with E-state index >= 15 is 0 Å². The van der Waals surface area contributed by atoms with Gasteiger partial charge in [0.05, 0.1) is 6.04 Å². The fourth-order valence-electron chi connectivity index (χ4n) is 8.50. The molecule has 1 saturated heterocycles. The molecule has 6 aliphatic rings. The van der Waals surface area contributed by atoms with E-state index in [0.717, 1.165) is 51.0 Å². The average molecular weight is 408 g/mol. The quantitative estimate of drug-likeness (QED) is 0.805. The lowest BCUT2D eigenvalue weighted by molar-refractivity contribution is -0.155. The highest BCUT2D eigenvalue weighted by molar-refractivity contribution is 5.94. The minimum Gasteiger partial charge on any atom is -0.347 e. The Morgan fingerprint density at radius 1 is 1.13 bits per heavy atom. The summed E-state index contributed by atoms with van der Waals surface area (Å²) in [7, 11) is 0. The normalized spacial score (nSPS) is 43.9. The van der Waals surface area contributed by atoms with Crippen LogP contribution in [0.25, 0.3) is 0 Å². The lowest BCUT2D eigenvalue weighted by Gasteiger charge is -2.67. The summed E-state index contributed by atoms with van der Waals surface area (Å²) >= 11 is 0. The molecule has 5 unspecified atom stereocenters. The summed E-state index contributed by atoms with van der Waals surface area (Å²) in [5.41, 5.74) is 7.30. The van der Waals surface area contributed by atoms with Gasteiger partial charge in [0.1, 0.15) is 0 Å². The second kappa shape index (κ2) is 6.09. The van der Waals surface area contributed by atoms with E-state index in [4.69, 9.17) is 5.73 Å². The number of hydrogen-bond donors (Lipinski definition) is 2. The molecule has 2 amide bonds. The first-order chi connectivity index (χ1) is 14.3. The van der Waals surface area contributed by atoms with Crippen molar-refractivity contribution in [3.63, 3.8) is 0 Å². The van der Waals surface area contributed by atoms with Crippen molar-refractivity contribution in [2.75, 3.05) is 6.54 Å². The predicted molar refractivity (Wildman–Crippen MR) is 115 cm³/mol. The number of likely N-dealkylation sites (tertiary alicyclic amines) is 1. The molecule has 160 valence electrons. The molecule has 0 aromatic heterocycles. The van der Waals surface area contributed by atoms with Gasteiger partial charge in [0.2, 0.25) is 5.91 Å². The molecule has 0 radical (unpaired) electrons. The van der Waals surface area contributed by atoms with Gasteiger partial charge in [-0.25, -0.2) is 0 Å². The Morgan fingerprint density at radius 2 is 1.93 bits per heavy atom. The largest absolute Gasteiger partial charge is 0.347 e. The van der Waals surface area contributed by atoms with E-state index in [-0.39, 0.29) is 28.2 Å². The first kappa shape index (κ1) is 18.9. The molecule has 1 aliphatic heterocycles. The van der Waals surface area contributed by atoms with Crippen LogP contribution in [0.3, 0.4) is 0 Å². The van der Waals surface area contributed by atoms with Gasteiger partial charge in [-0.2, -0.15) is 0 Å². The fraction of sp³-hybridized carbons (Fsp3) is 0.680. The standard InChI is InChI=1S/C25H33N3O2/c1-23-10-16-11-24(13-23,20(26)22(30)28-8-7-18-9-19(18)28)15-25(12-16,14-23)27-21(29)17-5-3-2-4-6-17/h2-6,16,18-20H,7-15,26H2,1H3,(H,27,29)/t16?,18-,19+,20?,23?,24?,25?/m1/s1. The number of piperidine rings is 1. The summed E-state index contributed by atoms with van der Waals surface area (Å²) in [6.07, 6.45) is 8.46. The van der Waals surface area contributed by atoms with Crippen LogP contribution in [0.2, 0.25) is 0 Å². The maximum atomic E-state index is 13.5. The van der Waals surface area contributed by atoms with Crippen LogP contribution >= 0.6 is 0 Å². The van der Waals surface area contributed by atoms with Crippen LogP contribution in [0.1, 0.15) is 68.6 Å². The Morgan fingerprint density at radius 3 is 2.60 bits per heavy atom. The van der Waals surface area contributed by atoms with Crippen LogP contribution in [-0.2, 0) is 4.79 Å². The average Bonchev–Trinajstić information content (AvgIpc) is 3.35. The molecule has 5 heteroatoms. The van der Waals surface area contributed by atoms with E-state index in [1.165, 1.54) is 12.8 Å². The summed E-state index contributed by atoms with van der Waals surface area (Å²) in [6.45, 7) is 3.24. The molecule has 5 saturated carbocycles. The number of benzene rings is 1. The van der Waals surface area contributed by atoms with Crippen LogP contribution in [0.4, 0.5) is 0 Å². The topological polar surface area (TPSA) is 75.4 Å². The molecule has 3 N–H and O–H groups in total. The highest BCUT2D eigenvalue weighted by Crippen LogP contribution is 2.67. The zero-order valence-corrected chi connectivity index (χ0v) is 17.9. The number of nitrogens with zero attached hydrogens (tertiary/aromatic N) is 1. The number of carbonyl (C=O) groups excluding carboxylic acids is 2. The first-order valence-electron chi connectivity index (χ1n) is 11.7. The van der Waals surface area contributed by atoms with Crippen LogP contribution in [0.15, 0.2) is 30.3 Å². The molecule has 6 fully saturated rings. The van der Waals surface area contributed by atoms with Gasteiger partial charge in [0.25, 0.3) is 5.91 Å². The number of fused-ring (bicyclic) bond motifs is 1. The Kier molecular flexibility index (Phi) is 3.83. The van der Waals surface area contributed by atoms with Crippen LogP contribution in [0.5, 0.6) is 0 Å². The summed E-state index contributed by atoms with van der Waals surface area (Å²) < 4.78 is 0. The Labute approximate surface area is 178 Å². The summed E-state index contributed by atoms with van der Waals surface area (Å²) in [4.78, 5) is 28.6. The molecule has 7 atom stereocenters. The number of hydrogen-bond acceptors (Lipinski definition) is 3. The van der Waals surface area contributed by atoms with Crippen molar-refractivity contribution >= 4 is 11.8 Å². The number of amides is 2. The highest BCUT2D eigenvalue weighted by atomic mass is 16.2. The van der Waals surface area contributed by atoms with E-state index in [1.54, 1.807) is 0 Å². The first-order valence-corrected chi connectivity index (χ1v) is 11.7. The number of carbonyl (C=O) groups is 2. The Bertz CT molecular complexity index is 903. The van der Waals surface area contributed by atoms with E-state index in [1.807, 2.05) is 30.3 Å². The Balaban J connectivity index is 1.29. The van der Waals surface area contributed by atoms with Gasteiger partial charge in [0, 0.05) is 23.7 Å². The molecule has 4 bridgehead atoms. The molecule has 1 aromatic rings. The third-order valence-corrected chi connectivity index (χ3v) is 9.04. The number of rotatable bonds is 4. The van der Waals surface area contributed by atoms with Gasteiger partial charge >= 0.3 is 0 Å². The lowest BCUT2D eigenvalue weighted by Crippen LogP contribution is -2.70. The molecular formula is C25H33N3O2. The van der Waals surface area contributed by atoms with Crippen molar-refractivity contribution in [2.45, 2.75) is 75.9 Å². The minimum atomic E-state index is -0.437. The van der Waals surface area contributed by atoms with Crippen molar-refractivity contribution in [3.8, 4) is 0 Å². The van der Waals surface area contributed by atoms with E-state index in [9.17, 15) is 9.59 Å². The van der Waals surface area contributed by atoms with E-state index in [2.05, 4.69) is 17.1 Å². The van der Waals surface area contributed by atoms with Gasteiger partial charge in [-0.1, -0.05) is 25.1 Å². The lowest BCUT2D eigenvalue weighted by atomic mass is 9.40. The van der Waals surface area contributed by atoms with Crippen LogP contribution in [0, 0.1) is 22.7 Å². The molecule has 0 spiro atoms. The zero-order chi connectivity index (χ0) is 20.7. The maximum Gasteiger partial charge on any atom is 0.251 e. The SMILES string of the molecule is CC12CC3CC(NC(=O)c4ccccc4)(C1)CC(C(N)C(=O)N1CC[C@@H]4C[C@@H]41)(C3)C2. The van der Waals surface area contributed by atoms with Crippen molar-refractivity contribution in [3.05, 3.63) is 35.9 Å². The van der Waals surface area contributed by atoms with Crippen molar-refractivity contribution in [2.24, 2.45) is 28.4 Å². The number of nitrogens with two attached hydrogens (primary N) is 1. The van der Waals surface area contributed by atoms with Gasteiger partial charge < -0.3 is 16.0 Å². The second-order valence-electron chi connectivity index (χ2n) is 11.6. The van der Waals surface area contributed by atoms with E-state index < -0.39 is 6.04 Å². The smallest absolute Gasteiger partial charge is 0.251 e. The molecular weight excluding hydrogens is 374 g/mol. The molecule has 1 heterocycles. The number of nitrogens with one attached hydrogen (secondary N) is 1. The highest BCUT2D eigenvalue weighted by Gasteiger charge is 2.65. The maximum absolute atomic E-state index is 13.5. The molecule has 1 aromatic carbocycles. The summed E-state index contributed by atoms with van der Waals surface area (Å²) in [5.74, 6) is 1.46. The van der Waals surface area contributed by atoms with Crippen molar-refractivity contribution in [1.82, 2.24) is 10.2 Å². The van der Waals surface area contributed by atoms with Gasteiger partial charge in [-0.3, -0.25) is 9.59 Å². The second-order valence-corrected chi connectivity index (χ2v) is 11.6. The van der Waals surface area contributed by atoms with Gasteiger partial charge in [0.15, 0.2) is 0 Å². The van der Waals surface area contributed by atoms with Gasteiger partial charge in [-0.15, -0.1) is 0 Å². The third-order valence-electron chi connectivity index (χ3n) is 9.04. The monoisotopic (exact) mass is 407 g/mol. The predicted octanol–water partition coefficient (Wildman–Crippen LogP) is 3.09. The van der Waals surface area contributed by atoms with Crippen molar-refractivity contribution in [1.29, 1.82) is 0 Å². The Hall–Kier alpha value is -1.88. The van der Waals surface area contributed by atoms with Gasteiger partial charge in [-0.05, 0) is 86.2 Å². The van der Waals surface area contributed by atoms with E-state index in [0.29, 0.717) is 17.5 Å². The molecule has 30 heavy (non-hydrogen) atoms. The molecule has 7 rings (SSSR count). The third kappa shape index (κ3) is 2.77. The molecule has 5 nitrogen and oxygen atoms in total. The minimum absolute atomic E-state index is 0.0107. The summed E-state index contributed by atoms with van der Waals surface area (Å²) in [6, 6.07) is 9.53. The fourth-order valence-corrected chi connectivity index (χ4v) is 8.50. The van der Waals surface area contributed by atoms with Crippen molar-refractivity contribution < 1.29 is 9.59 Å². The zero-order valence-electron chi connectivity index (χ0n) is 17.9.